The van der Waals surface area contributed by atoms with Gasteiger partial charge >= 0.3 is 0 Å². The fraction of sp³-hybridized carbons (Fsp3) is 0.571. The molecule has 0 saturated carbocycles. The van der Waals surface area contributed by atoms with Crippen molar-refractivity contribution in [1.29, 1.82) is 0 Å². The van der Waals surface area contributed by atoms with Gasteiger partial charge in [0, 0.05) is 23.6 Å². The molecule has 100 valence electrons. The van der Waals surface area contributed by atoms with Crippen molar-refractivity contribution in [2.24, 2.45) is 5.92 Å². The molecule has 18 heavy (non-hydrogen) atoms. The molecule has 2 unspecified atom stereocenters. The van der Waals surface area contributed by atoms with Gasteiger partial charge < -0.3 is 5.32 Å². The number of fused-ring (bicyclic) bond motifs is 1. The van der Waals surface area contributed by atoms with Crippen LogP contribution in [0.25, 0.3) is 0 Å². The number of hydrogen-bond donors (Lipinski definition) is 1. The lowest BCUT2D eigenvalue weighted by atomic mass is 9.93. The second kappa shape index (κ2) is 6.38. The third-order valence-electron chi connectivity index (χ3n) is 4.09. The van der Waals surface area contributed by atoms with E-state index in [9.17, 15) is 0 Å². The van der Waals surface area contributed by atoms with Gasteiger partial charge in [-0.2, -0.15) is 0 Å². The van der Waals surface area contributed by atoms with E-state index in [1.165, 1.54) is 42.5 Å². The minimum atomic E-state index is 0. The summed E-state index contributed by atoms with van der Waals surface area (Å²) >= 11 is 3.64. The Morgan fingerprint density at radius 3 is 2.94 bits per heavy atom. The largest absolute Gasteiger partial charge is 0.314 e. The lowest BCUT2D eigenvalue weighted by Gasteiger charge is -2.35. The van der Waals surface area contributed by atoms with Crippen LogP contribution < -0.4 is 5.32 Å². The van der Waals surface area contributed by atoms with E-state index in [0.717, 1.165) is 18.5 Å². The second-order valence-corrected chi connectivity index (χ2v) is 6.08. The van der Waals surface area contributed by atoms with Crippen molar-refractivity contribution >= 4 is 28.3 Å². The average molecular weight is 332 g/mol. The Kier molecular flexibility index (Phi) is 5.07. The first-order chi connectivity index (χ1) is 8.33. The van der Waals surface area contributed by atoms with Gasteiger partial charge in [0.15, 0.2) is 0 Å². The summed E-state index contributed by atoms with van der Waals surface area (Å²) in [7, 11) is 0. The lowest BCUT2D eigenvalue weighted by molar-refractivity contribution is 0.155. The van der Waals surface area contributed by atoms with E-state index in [0.29, 0.717) is 0 Å². The molecule has 2 nitrogen and oxygen atoms in total. The van der Waals surface area contributed by atoms with Crippen LogP contribution in [0.4, 0.5) is 0 Å². The summed E-state index contributed by atoms with van der Waals surface area (Å²) in [5, 5.41) is 3.62. The van der Waals surface area contributed by atoms with Gasteiger partial charge in [-0.3, -0.25) is 4.90 Å². The minimum Gasteiger partial charge on any atom is -0.314 e. The summed E-state index contributed by atoms with van der Waals surface area (Å²) < 4.78 is 1.24. The fourth-order valence-corrected chi connectivity index (χ4v) is 3.54. The van der Waals surface area contributed by atoms with E-state index in [1.807, 2.05) is 0 Å². The van der Waals surface area contributed by atoms with Crippen molar-refractivity contribution in [3.63, 3.8) is 0 Å². The molecule has 0 aliphatic carbocycles. The van der Waals surface area contributed by atoms with Gasteiger partial charge in [-0.15, -0.1) is 12.4 Å². The maximum Gasteiger partial charge on any atom is 0.0245 e. The van der Waals surface area contributed by atoms with Crippen molar-refractivity contribution < 1.29 is 0 Å². The van der Waals surface area contributed by atoms with Crippen molar-refractivity contribution in [1.82, 2.24) is 10.2 Å². The third-order valence-corrected chi connectivity index (χ3v) is 4.87. The van der Waals surface area contributed by atoms with Crippen LogP contribution >= 0.6 is 28.3 Å². The predicted octanol–water partition coefficient (Wildman–Crippen LogP) is 3.05. The Hall–Kier alpha value is -0.0900. The standard InChI is InChI=1S/C14H19BrN2.ClH/c15-13-4-2-1-3-11(13)9-17-8-6-14-12(10-17)5-7-16-14;/h1-4,12,14,16H,5-10H2;1H. The van der Waals surface area contributed by atoms with Gasteiger partial charge in [0.2, 0.25) is 0 Å². The summed E-state index contributed by atoms with van der Waals surface area (Å²) in [6, 6.07) is 9.37. The molecule has 2 atom stereocenters. The summed E-state index contributed by atoms with van der Waals surface area (Å²) in [6.07, 6.45) is 2.67. The predicted molar refractivity (Wildman–Crippen MR) is 81.2 cm³/mol. The number of nitrogens with one attached hydrogen (secondary N) is 1. The van der Waals surface area contributed by atoms with Crippen LogP contribution in [0.1, 0.15) is 18.4 Å². The zero-order chi connectivity index (χ0) is 11.7. The van der Waals surface area contributed by atoms with Crippen molar-refractivity contribution in [2.75, 3.05) is 19.6 Å². The highest BCUT2D eigenvalue weighted by atomic mass is 79.9. The van der Waals surface area contributed by atoms with E-state index in [4.69, 9.17) is 0 Å². The third kappa shape index (κ3) is 3.08. The molecule has 1 N–H and O–H groups in total. The smallest absolute Gasteiger partial charge is 0.0245 e. The molecule has 0 radical (unpaired) electrons. The summed E-state index contributed by atoms with van der Waals surface area (Å²) in [5.41, 5.74) is 1.41. The van der Waals surface area contributed by atoms with Gasteiger partial charge in [0.05, 0.1) is 0 Å². The molecule has 2 aliphatic rings. The second-order valence-electron chi connectivity index (χ2n) is 5.22. The molecule has 0 amide bonds. The Balaban J connectivity index is 0.00000120. The number of hydrogen-bond acceptors (Lipinski definition) is 2. The molecule has 1 aromatic carbocycles. The maximum atomic E-state index is 3.64. The summed E-state index contributed by atoms with van der Waals surface area (Å²) in [5.74, 6) is 0.881. The highest BCUT2D eigenvalue weighted by Gasteiger charge is 2.32. The SMILES string of the molecule is Brc1ccccc1CN1CCC2NCCC2C1.Cl. The van der Waals surface area contributed by atoms with Gasteiger partial charge in [0.25, 0.3) is 0 Å². The number of nitrogens with zero attached hydrogens (tertiary/aromatic N) is 1. The molecular weight excluding hydrogens is 312 g/mol. The zero-order valence-electron chi connectivity index (χ0n) is 10.4. The number of benzene rings is 1. The van der Waals surface area contributed by atoms with Gasteiger partial charge in [-0.1, -0.05) is 34.1 Å². The van der Waals surface area contributed by atoms with Crippen LogP contribution in [0.15, 0.2) is 28.7 Å². The monoisotopic (exact) mass is 330 g/mol. The van der Waals surface area contributed by atoms with Gasteiger partial charge in [-0.25, -0.2) is 0 Å². The van der Waals surface area contributed by atoms with Crippen LogP contribution in [-0.2, 0) is 6.54 Å². The Morgan fingerprint density at radius 1 is 1.28 bits per heavy atom. The Morgan fingerprint density at radius 2 is 2.11 bits per heavy atom. The number of piperidine rings is 1. The molecule has 0 spiro atoms. The molecule has 4 heteroatoms. The average Bonchev–Trinajstić information content (AvgIpc) is 2.79. The quantitative estimate of drug-likeness (QED) is 0.896. The molecule has 0 bridgehead atoms. The van der Waals surface area contributed by atoms with E-state index in [2.05, 4.69) is 50.4 Å². The normalized spacial score (nSPS) is 27.6. The number of likely N-dealkylation sites (tertiary alicyclic amines) is 1. The first-order valence-electron chi connectivity index (χ1n) is 6.52. The van der Waals surface area contributed by atoms with Crippen molar-refractivity contribution in [3.05, 3.63) is 34.3 Å². The highest BCUT2D eigenvalue weighted by molar-refractivity contribution is 9.10. The van der Waals surface area contributed by atoms with Crippen LogP contribution in [0, 0.1) is 5.92 Å². The fourth-order valence-electron chi connectivity index (χ4n) is 3.13. The minimum absolute atomic E-state index is 0. The molecule has 2 aliphatic heterocycles. The van der Waals surface area contributed by atoms with Crippen molar-refractivity contribution in [2.45, 2.75) is 25.4 Å². The lowest BCUT2D eigenvalue weighted by Crippen LogP contribution is -2.43. The topological polar surface area (TPSA) is 15.3 Å². The molecule has 2 fully saturated rings. The van der Waals surface area contributed by atoms with Gasteiger partial charge in [0.1, 0.15) is 0 Å². The van der Waals surface area contributed by atoms with E-state index < -0.39 is 0 Å². The highest BCUT2D eigenvalue weighted by Crippen LogP contribution is 2.26. The zero-order valence-corrected chi connectivity index (χ0v) is 12.8. The molecule has 2 saturated heterocycles. The maximum absolute atomic E-state index is 3.64. The van der Waals surface area contributed by atoms with Crippen LogP contribution in [0.3, 0.4) is 0 Å². The first kappa shape index (κ1) is 14.3. The van der Waals surface area contributed by atoms with E-state index >= 15 is 0 Å². The van der Waals surface area contributed by atoms with Crippen molar-refractivity contribution in [3.8, 4) is 0 Å². The molecular formula is C14H20BrClN2. The molecule has 2 heterocycles. The van der Waals surface area contributed by atoms with Crippen LogP contribution in [0.2, 0.25) is 0 Å². The van der Waals surface area contributed by atoms with Gasteiger partial charge in [-0.05, 0) is 43.5 Å². The van der Waals surface area contributed by atoms with Crippen LogP contribution in [-0.4, -0.2) is 30.6 Å². The molecule has 1 aromatic rings. The molecule has 0 aromatic heterocycles. The van der Waals surface area contributed by atoms with E-state index in [1.54, 1.807) is 0 Å². The van der Waals surface area contributed by atoms with E-state index in [-0.39, 0.29) is 12.4 Å². The van der Waals surface area contributed by atoms with Crippen LogP contribution in [0.5, 0.6) is 0 Å². The number of halogens is 2. The Labute approximate surface area is 124 Å². The Bertz CT molecular complexity index is 399. The summed E-state index contributed by atoms with van der Waals surface area (Å²) in [4.78, 5) is 2.61. The summed E-state index contributed by atoms with van der Waals surface area (Å²) in [6.45, 7) is 4.80. The molecule has 3 rings (SSSR count). The number of rotatable bonds is 2. The first-order valence-corrected chi connectivity index (χ1v) is 7.31.